The summed E-state index contributed by atoms with van der Waals surface area (Å²) in [5.74, 6) is -1.43. The molecule has 0 aliphatic heterocycles. The molecule has 10 nitrogen and oxygen atoms in total. The summed E-state index contributed by atoms with van der Waals surface area (Å²) in [5, 5.41) is 17.2. The first-order valence-electron chi connectivity index (χ1n) is 9.75. The molecule has 0 saturated heterocycles. The summed E-state index contributed by atoms with van der Waals surface area (Å²) in [4.78, 5) is 46.1. The summed E-state index contributed by atoms with van der Waals surface area (Å²) in [6, 6.07) is 17.8. The number of nitro groups is 1. The van der Waals surface area contributed by atoms with Gasteiger partial charge in [0.2, 0.25) is 0 Å². The van der Waals surface area contributed by atoms with Crippen molar-refractivity contribution in [2.24, 2.45) is 5.10 Å². The van der Waals surface area contributed by atoms with Crippen LogP contribution in [0.25, 0.3) is 0 Å². The van der Waals surface area contributed by atoms with Gasteiger partial charge in [-0.2, -0.15) is 5.10 Å². The fourth-order valence-electron chi connectivity index (χ4n) is 2.63. The summed E-state index contributed by atoms with van der Waals surface area (Å²) < 4.78 is 5.23. The van der Waals surface area contributed by atoms with E-state index in [0.29, 0.717) is 5.56 Å². The summed E-state index contributed by atoms with van der Waals surface area (Å²) in [7, 11) is 0. The van der Waals surface area contributed by atoms with Gasteiger partial charge in [0, 0.05) is 12.1 Å². The minimum atomic E-state index is -0.664. The average molecular weight is 481 g/mol. The van der Waals surface area contributed by atoms with Crippen LogP contribution in [0.1, 0.15) is 26.3 Å². The lowest BCUT2D eigenvalue weighted by Crippen LogP contribution is -2.35. The number of hydrogen-bond donors (Lipinski definition) is 2. The molecule has 0 radical (unpaired) electrons. The van der Waals surface area contributed by atoms with Gasteiger partial charge in [-0.15, -0.1) is 0 Å². The fraction of sp³-hybridized carbons (Fsp3) is 0.0435. The topological polar surface area (TPSA) is 140 Å². The van der Waals surface area contributed by atoms with Crippen molar-refractivity contribution in [2.75, 3.05) is 6.54 Å². The Morgan fingerprint density at radius 2 is 1.68 bits per heavy atom. The average Bonchev–Trinajstić information content (AvgIpc) is 2.84. The fourth-order valence-corrected chi connectivity index (χ4v) is 2.85. The predicted octanol–water partition coefficient (Wildman–Crippen LogP) is 3.35. The molecule has 0 spiro atoms. The van der Waals surface area contributed by atoms with Crippen LogP contribution in [0, 0.1) is 10.1 Å². The van der Waals surface area contributed by atoms with Gasteiger partial charge in [0.1, 0.15) is 5.75 Å². The summed E-state index contributed by atoms with van der Waals surface area (Å²) in [6.45, 7) is -0.293. The molecule has 0 aliphatic carbocycles. The monoisotopic (exact) mass is 480 g/mol. The van der Waals surface area contributed by atoms with E-state index in [1.807, 2.05) is 0 Å². The molecular formula is C23H17ClN4O6. The van der Waals surface area contributed by atoms with Crippen molar-refractivity contribution in [2.45, 2.75) is 0 Å². The van der Waals surface area contributed by atoms with E-state index < -0.39 is 22.7 Å². The first-order chi connectivity index (χ1) is 16.3. The molecule has 172 valence electrons. The zero-order valence-corrected chi connectivity index (χ0v) is 18.2. The smallest absolute Gasteiger partial charge is 0.343 e. The van der Waals surface area contributed by atoms with Crippen molar-refractivity contribution in [3.05, 3.63) is 105 Å². The van der Waals surface area contributed by atoms with Gasteiger partial charge in [-0.05, 0) is 54.1 Å². The number of amides is 2. The number of nitrogens with one attached hydrogen (secondary N) is 2. The van der Waals surface area contributed by atoms with E-state index in [1.165, 1.54) is 42.6 Å². The Balaban J connectivity index is 1.46. The van der Waals surface area contributed by atoms with E-state index in [4.69, 9.17) is 16.3 Å². The van der Waals surface area contributed by atoms with Gasteiger partial charge in [-0.25, -0.2) is 10.2 Å². The molecule has 3 aromatic rings. The Kier molecular flexibility index (Phi) is 8.03. The number of nitrogens with zero attached hydrogens (tertiary/aromatic N) is 2. The highest BCUT2D eigenvalue weighted by atomic mass is 35.5. The largest absolute Gasteiger partial charge is 0.423 e. The Morgan fingerprint density at radius 3 is 2.32 bits per heavy atom. The Labute approximate surface area is 198 Å². The molecule has 0 aromatic heterocycles. The normalized spacial score (nSPS) is 10.5. The zero-order chi connectivity index (χ0) is 24.5. The second kappa shape index (κ2) is 11.3. The number of halogens is 1. The van der Waals surface area contributed by atoms with Crippen LogP contribution in [-0.4, -0.2) is 35.5 Å². The van der Waals surface area contributed by atoms with Crippen LogP contribution >= 0.6 is 11.6 Å². The van der Waals surface area contributed by atoms with E-state index >= 15 is 0 Å². The third kappa shape index (κ3) is 6.71. The highest BCUT2D eigenvalue weighted by molar-refractivity contribution is 6.33. The summed E-state index contributed by atoms with van der Waals surface area (Å²) in [5.41, 5.74) is 3.19. The molecule has 3 rings (SSSR count). The van der Waals surface area contributed by atoms with Crippen LogP contribution in [0.2, 0.25) is 5.02 Å². The molecule has 0 fully saturated rings. The Hall–Kier alpha value is -4.57. The molecule has 2 N–H and O–H groups in total. The van der Waals surface area contributed by atoms with Crippen LogP contribution in [0.15, 0.2) is 77.9 Å². The maximum Gasteiger partial charge on any atom is 0.343 e. The molecular weight excluding hydrogens is 464 g/mol. The van der Waals surface area contributed by atoms with Crippen LogP contribution in [-0.2, 0) is 4.79 Å². The molecule has 2 amide bonds. The van der Waals surface area contributed by atoms with Crippen molar-refractivity contribution < 1.29 is 24.0 Å². The molecule has 0 unspecified atom stereocenters. The second-order valence-corrected chi connectivity index (χ2v) is 7.13. The molecule has 0 atom stereocenters. The Morgan fingerprint density at radius 1 is 1.00 bits per heavy atom. The SMILES string of the molecule is O=C(CNC(=O)c1ccccc1Cl)N/N=C\c1ccc(OC(=O)c2ccc([N+](=O)[O-])cc2)cc1. The highest BCUT2D eigenvalue weighted by Gasteiger charge is 2.12. The number of nitro benzene ring substituents is 1. The van der Waals surface area contributed by atoms with Gasteiger partial charge in [-0.3, -0.25) is 19.7 Å². The van der Waals surface area contributed by atoms with Crippen LogP contribution in [0.3, 0.4) is 0 Å². The standard InChI is InChI=1S/C23H17ClN4O6/c24-20-4-2-1-3-19(20)22(30)25-14-21(29)27-26-13-15-5-11-18(12-6-15)34-23(31)16-7-9-17(10-8-16)28(32)33/h1-13H,14H2,(H,25,30)(H,27,29)/b26-13-. The van der Waals surface area contributed by atoms with Gasteiger partial charge in [0.25, 0.3) is 17.5 Å². The van der Waals surface area contributed by atoms with Gasteiger partial charge in [0.15, 0.2) is 0 Å². The third-order valence-corrected chi connectivity index (χ3v) is 4.66. The van der Waals surface area contributed by atoms with Crippen molar-refractivity contribution >= 4 is 41.3 Å². The highest BCUT2D eigenvalue weighted by Crippen LogP contribution is 2.16. The number of esters is 1. The van der Waals surface area contributed by atoms with Gasteiger partial charge in [0.05, 0.1) is 33.8 Å². The van der Waals surface area contributed by atoms with Crippen molar-refractivity contribution in [1.82, 2.24) is 10.7 Å². The van der Waals surface area contributed by atoms with Gasteiger partial charge in [-0.1, -0.05) is 23.7 Å². The minimum Gasteiger partial charge on any atom is -0.423 e. The van der Waals surface area contributed by atoms with Crippen LogP contribution in [0.4, 0.5) is 5.69 Å². The first-order valence-corrected chi connectivity index (χ1v) is 10.1. The number of hydrogen-bond acceptors (Lipinski definition) is 7. The van der Waals surface area contributed by atoms with Crippen LogP contribution in [0.5, 0.6) is 5.75 Å². The lowest BCUT2D eigenvalue weighted by Gasteiger charge is -2.06. The van der Waals surface area contributed by atoms with Gasteiger partial charge < -0.3 is 10.1 Å². The maximum absolute atomic E-state index is 12.1. The molecule has 0 bridgehead atoms. The zero-order valence-electron chi connectivity index (χ0n) is 17.4. The van der Waals surface area contributed by atoms with E-state index in [-0.39, 0.29) is 34.1 Å². The van der Waals surface area contributed by atoms with Gasteiger partial charge >= 0.3 is 5.97 Å². The lowest BCUT2D eigenvalue weighted by molar-refractivity contribution is -0.384. The summed E-state index contributed by atoms with van der Waals surface area (Å²) in [6.07, 6.45) is 1.37. The number of benzene rings is 3. The molecule has 0 heterocycles. The predicted molar refractivity (Wildman–Crippen MR) is 124 cm³/mol. The van der Waals surface area contributed by atoms with Crippen LogP contribution < -0.4 is 15.5 Å². The Bertz CT molecular complexity index is 1240. The van der Waals surface area contributed by atoms with E-state index in [0.717, 1.165) is 0 Å². The van der Waals surface area contributed by atoms with E-state index in [2.05, 4.69) is 15.8 Å². The van der Waals surface area contributed by atoms with Crippen molar-refractivity contribution in [3.63, 3.8) is 0 Å². The number of rotatable bonds is 8. The lowest BCUT2D eigenvalue weighted by atomic mass is 10.2. The second-order valence-electron chi connectivity index (χ2n) is 6.72. The minimum absolute atomic E-state index is 0.129. The summed E-state index contributed by atoms with van der Waals surface area (Å²) >= 11 is 5.94. The number of ether oxygens (including phenoxy) is 1. The van der Waals surface area contributed by atoms with Crippen molar-refractivity contribution in [3.8, 4) is 5.75 Å². The molecule has 0 saturated carbocycles. The number of carbonyl (C=O) groups is 3. The molecule has 11 heteroatoms. The quantitative estimate of drug-likeness (QED) is 0.166. The maximum atomic E-state index is 12.1. The van der Waals surface area contributed by atoms with E-state index in [1.54, 1.807) is 36.4 Å². The number of hydrazone groups is 1. The van der Waals surface area contributed by atoms with Crippen molar-refractivity contribution in [1.29, 1.82) is 0 Å². The number of non-ortho nitro benzene ring substituents is 1. The molecule has 0 aliphatic rings. The van der Waals surface area contributed by atoms with E-state index in [9.17, 15) is 24.5 Å². The third-order valence-electron chi connectivity index (χ3n) is 4.34. The first kappa shape index (κ1) is 24.1. The molecule has 3 aromatic carbocycles. The molecule has 34 heavy (non-hydrogen) atoms. The number of carbonyl (C=O) groups excluding carboxylic acids is 3.